The molecular weight excluding hydrogens is 365 g/mol. The van der Waals surface area contributed by atoms with E-state index < -0.39 is 0 Å². The Labute approximate surface area is 170 Å². The number of methoxy groups -OCH3 is 1. The molecule has 3 aromatic carbocycles. The number of imide groups is 1. The normalized spacial score (nSPS) is 13.7. The molecule has 1 aliphatic heterocycles. The van der Waals surface area contributed by atoms with Crippen molar-refractivity contribution in [3.05, 3.63) is 53.6 Å². The van der Waals surface area contributed by atoms with Crippen LogP contribution in [0.4, 0.5) is 0 Å². The van der Waals surface area contributed by atoms with Crippen LogP contribution in [0.25, 0.3) is 21.5 Å². The summed E-state index contributed by atoms with van der Waals surface area (Å²) in [5.74, 6) is 0.123. The number of rotatable bonds is 7. The number of carbonyl (C=O) groups excluding carboxylic acids is 2. The molecule has 0 fully saturated rings. The number of nitrogens with zero attached hydrogens (tertiary/aromatic N) is 2. The van der Waals surface area contributed by atoms with Crippen LogP contribution in [-0.4, -0.2) is 69.9 Å². The lowest BCUT2D eigenvalue weighted by Gasteiger charge is -2.30. The van der Waals surface area contributed by atoms with Crippen LogP contribution in [0.2, 0.25) is 0 Å². The summed E-state index contributed by atoms with van der Waals surface area (Å²) in [6.07, 6.45) is 0. The summed E-state index contributed by atoms with van der Waals surface area (Å²) in [7, 11) is 8.86. The Morgan fingerprint density at radius 1 is 1.07 bits per heavy atom. The van der Waals surface area contributed by atoms with Crippen LogP contribution in [0.3, 0.4) is 0 Å². The van der Waals surface area contributed by atoms with Crippen molar-refractivity contribution in [2.75, 3.05) is 40.3 Å². The first-order valence-corrected chi connectivity index (χ1v) is 9.57. The Morgan fingerprint density at radius 3 is 2.62 bits per heavy atom. The van der Waals surface area contributed by atoms with Gasteiger partial charge >= 0.3 is 0 Å². The first-order chi connectivity index (χ1) is 14.1. The standard InChI is InChI=1S/C22H22BN3O3/c1-25(10-9-24-23)11-12-26-21(27)16-7-8-18(29-2)17-13-14-5-3-4-6-15(14)20(19(16)17)22(26)28/h3-8,13,24H,9-12H2,1-2H3. The van der Waals surface area contributed by atoms with Crippen molar-refractivity contribution < 1.29 is 14.3 Å². The molecule has 146 valence electrons. The van der Waals surface area contributed by atoms with Gasteiger partial charge in [0.15, 0.2) is 7.98 Å². The van der Waals surface area contributed by atoms with E-state index in [1.165, 1.54) is 4.90 Å². The van der Waals surface area contributed by atoms with Crippen LogP contribution < -0.4 is 9.96 Å². The van der Waals surface area contributed by atoms with Gasteiger partial charge in [-0.05, 0) is 42.6 Å². The minimum absolute atomic E-state index is 0.261. The Bertz CT molecular complexity index is 1120. The average Bonchev–Trinajstić information content (AvgIpc) is 2.74. The van der Waals surface area contributed by atoms with Crippen molar-refractivity contribution >= 4 is 41.3 Å². The Kier molecular flexibility index (Phi) is 5.26. The summed E-state index contributed by atoms with van der Waals surface area (Å²) < 4.78 is 5.51. The van der Waals surface area contributed by atoms with Gasteiger partial charge in [0.2, 0.25) is 0 Å². The number of hydrogen-bond acceptors (Lipinski definition) is 5. The number of ether oxygens (including phenoxy) is 1. The summed E-state index contributed by atoms with van der Waals surface area (Å²) in [6.45, 7) is 2.23. The molecule has 6 nitrogen and oxygen atoms in total. The van der Waals surface area contributed by atoms with Crippen molar-refractivity contribution in [1.82, 2.24) is 15.0 Å². The topological polar surface area (TPSA) is 61.9 Å². The highest BCUT2D eigenvalue weighted by molar-refractivity contribution is 6.31. The van der Waals surface area contributed by atoms with Crippen LogP contribution in [0, 0.1) is 0 Å². The maximum atomic E-state index is 13.5. The molecule has 0 atom stereocenters. The van der Waals surface area contributed by atoms with Crippen LogP contribution in [-0.2, 0) is 0 Å². The van der Waals surface area contributed by atoms with Gasteiger partial charge in [0, 0.05) is 36.0 Å². The molecule has 1 heterocycles. The minimum atomic E-state index is -0.268. The molecule has 4 rings (SSSR count). The van der Waals surface area contributed by atoms with E-state index in [9.17, 15) is 9.59 Å². The number of hydrogen-bond donors (Lipinski definition) is 1. The van der Waals surface area contributed by atoms with Crippen LogP contribution in [0.5, 0.6) is 5.75 Å². The Balaban J connectivity index is 1.83. The van der Waals surface area contributed by atoms with Crippen molar-refractivity contribution in [2.24, 2.45) is 0 Å². The van der Waals surface area contributed by atoms with Gasteiger partial charge in [0.05, 0.1) is 12.7 Å². The fraction of sp³-hybridized carbons (Fsp3) is 0.273. The zero-order valence-corrected chi connectivity index (χ0v) is 16.6. The summed E-state index contributed by atoms with van der Waals surface area (Å²) in [5.41, 5.74) is 1.10. The number of fused-ring (bicyclic) bond motifs is 2. The molecule has 2 radical (unpaired) electrons. The summed E-state index contributed by atoms with van der Waals surface area (Å²) in [4.78, 5) is 30.0. The van der Waals surface area contributed by atoms with Gasteiger partial charge in [0.25, 0.3) is 11.8 Å². The number of likely N-dealkylation sites (N-methyl/N-ethyl adjacent to an activating group) is 1. The molecule has 0 saturated carbocycles. The molecule has 2 amide bonds. The molecule has 7 heteroatoms. The van der Waals surface area contributed by atoms with Gasteiger partial charge in [-0.15, -0.1) is 0 Å². The van der Waals surface area contributed by atoms with Crippen molar-refractivity contribution in [3.63, 3.8) is 0 Å². The van der Waals surface area contributed by atoms with E-state index in [2.05, 4.69) is 5.23 Å². The third-order valence-corrected chi connectivity index (χ3v) is 5.48. The molecule has 29 heavy (non-hydrogen) atoms. The molecular formula is C22H22BN3O3. The number of nitrogens with one attached hydrogen (secondary N) is 1. The third-order valence-electron chi connectivity index (χ3n) is 5.48. The lowest BCUT2D eigenvalue weighted by Crippen LogP contribution is -2.44. The van der Waals surface area contributed by atoms with E-state index in [0.717, 1.165) is 22.7 Å². The number of amides is 2. The highest BCUT2D eigenvalue weighted by atomic mass is 16.5. The maximum Gasteiger partial charge on any atom is 0.262 e. The van der Waals surface area contributed by atoms with Crippen molar-refractivity contribution in [1.29, 1.82) is 0 Å². The first-order valence-electron chi connectivity index (χ1n) is 9.57. The SMILES string of the molecule is [B]NCCN(C)CCN1C(=O)c2ccc(OC)c3cc4ccccc4c(c23)C1=O. The predicted molar refractivity (Wildman–Crippen MR) is 115 cm³/mol. The Hall–Kier alpha value is -2.90. The maximum absolute atomic E-state index is 13.5. The Morgan fingerprint density at radius 2 is 1.86 bits per heavy atom. The fourth-order valence-electron chi connectivity index (χ4n) is 3.95. The van der Waals surface area contributed by atoms with E-state index in [1.54, 1.807) is 19.2 Å². The van der Waals surface area contributed by atoms with Gasteiger partial charge in [-0.2, -0.15) is 0 Å². The van der Waals surface area contributed by atoms with Crippen molar-refractivity contribution in [2.45, 2.75) is 0 Å². The van der Waals surface area contributed by atoms with Crippen LogP contribution in [0.15, 0.2) is 42.5 Å². The van der Waals surface area contributed by atoms with E-state index in [0.29, 0.717) is 41.9 Å². The van der Waals surface area contributed by atoms with E-state index in [-0.39, 0.29) is 11.8 Å². The second-order valence-electron chi connectivity index (χ2n) is 7.23. The fourth-order valence-corrected chi connectivity index (χ4v) is 3.95. The first kappa shape index (κ1) is 19.4. The zero-order chi connectivity index (χ0) is 20.5. The van der Waals surface area contributed by atoms with Crippen LogP contribution in [0.1, 0.15) is 20.7 Å². The summed E-state index contributed by atoms with van der Waals surface area (Å²) >= 11 is 0. The van der Waals surface area contributed by atoms with Gasteiger partial charge in [-0.3, -0.25) is 14.5 Å². The highest BCUT2D eigenvalue weighted by Crippen LogP contribution is 2.39. The lowest BCUT2D eigenvalue weighted by molar-refractivity contribution is 0.0599. The van der Waals surface area contributed by atoms with Gasteiger partial charge in [-0.1, -0.05) is 24.3 Å². The zero-order valence-electron chi connectivity index (χ0n) is 16.6. The second kappa shape index (κ2) is 7.85. The molecule has 0 saturated heterocycles. The van der Waals surface area contributed by atoms with Crippen LogP contribution >= 0.6 is 0 Å². The molecule has 3 aromatic rings. The largest absolute Gasteiger partial charge is 0.496 e. The van der Waals surface area contributed by atoms with E-state index in [4.69, 9.17) is 12.7 Å². The van der Waals surface area contributed by atoms with Gasteiger partial charge < -0.3 is 14.9 Å². The number of carbonyl (C=O) groups is 2. The van der Waals surface area contributed by atoms with Gasteiger partial charge in [-0.25, -0.2) is 0 Å². The molecule has 1 N–H and O–H groups in total. The summed E-state index contributed by atoms with van der Waals surface area (Å²) in [6, 6.07) is 13.3. The molecule has 0 aliphatic carbocycles. The molecule has 0 bridgehead atoms. The third kappa shape index (κ3) is 3.26. The smallest absolute Gasteiger partial charge is 0.262 e. The summed E-state index contributed by atoms with van der Waals surface area (Å²) in [5, 5.41) is 5.86. The monoisotopic (exact) mass is 387 g/mol. The molecule has 0 spiro atoms. The van der Waals surface area contributed by atoms with E-state index in [1.807, 2.05) is 42.3 Å². The predicted octanol–water partition coefficient (Wildman–Crippen LogP) is 2.20. The lowest BCUT2D eigenvalue weighted by atomic mass is 9.89. The van der Waals surface area contributed by atoms with E-state index >= 15 is 0 Å². The average molecular weight is 387 g/mol. The highest BCUT2D eigenvalue weighted by Gasteiger charge is 2.34. The van der Waals surface area contributed by atoms with Crippen molar-refractivity contribution in [3.8, 4) is 5.75 Å². The molecule has 0 unspecified atom stereocenters. The quantitative estimate of drug-likeness (QED) is 0.383. The van der Waals surface area contributed by atoms with Gasteiger partial charge in [0.1, 0.15) is 5.75 Å². The molecule has 0 aromatic heterocycles. The minimum Gasteiger partial charge on any atom is -0.496 e. The number of benzene rings is 3. The second-order valence-corrected chi connectivity index (χ2v) is 7.23. The molecule has 1 aliphatic rings.